The van der Waals surface area contributed by atoms with Crippen molar-refractivity contribution in [3.8, 4) is 0 Å². The second kappa shape index (κ2) is 6.76. The average molecular weight is 339 g/mol. The molecule has 0 bridgehead atoms. The zero-order chi connectivity index (χ0) is 15.5. The van der Waals surface area contributed by atoms with Crippen molar-refractivity contribution in [1.29, 1.82) is 0 Å². The minimum absolute atomic E-state index is 0.0294. The fraction of sp³-hybridized carbons (Fsp3) is 0.417. The van der Waals surface area contributed by atoms with Gasteiger partial charge in [0.15, 0.2) is 0 Å². The Hall–Kier alpha value is -0.820. The van der Waals surface area contributed by atoms with E-state index in [1.54, 1.807) is 7.05 Å². The molecule has 0 aliphatic carbocycles. The maximum absolute atomic E-state index is 12.2. The summed E-state index contributed by atoms with van der Waals surface area (Å²) in [5.41, 5.74) is 0.0294. The molecular weight excluding hydrogens is 323 g/mol. The van der Waals surface area contributed by atoms with E-state index >= 15 is 0 Å². The molecule has 0 unspecified atom stereocenters. The number of nitrogens with two attached hydrogens (primary N) is 1. The third-order valence-corrected chi connectivity index (χ3v) is 4.41. The SMILES string of the molecule is CCCCN(C)C(=O)c1cc(Cl)cc(S(N)(=O)=O)c1Cl. The molecule has 2 N–H and O–H groups in total. The smallest absolute Gasteiger partial charge is 0.255 e. The van der Waals surface area contributed by atoms with Crippen LogP contribution in [0.2, 0.25) is 10.0 Å². The molecule has 0 spiro atoms. The first-order valence-electron chi connectivity index (χ1n) is 5.95. The van der Waals surface area contributed by atoms with Crippen LogP contribution in [0.4, 0.5) is 0 Å². The molecule has 1 rings (SSSR count). The summed E-state index contributed by atoms with van der Waals surface area (Å²) in [6, 6.07) is 2.46. The molecule has 1 aromatic rings. The Bertz CT molecular complexity index is 617. The molecule has 0 saturated heterocycles. The van der Waals surface area contributed by atoms with Gasteiger partial charge in [0, 0.05) is 18.6 Å². The Kier molecular flexibility index (Phi) is 5.82. The molecule has 0 radical (unpaired) electrons. The van der Waals surface area contributed by atoms with Crippen LogP contribution in [0.25, 0.3) is 0 Å². The molecule has 1 amide bonds. The third kappa shape index (κ3) is 4.09. The van der Waals surface area contributed by atoms with E-state index in [9.17, 15) is 13.2 Å². The van der Waals surface area contributed by atoms with Crippen LogP contribution in [-0.2, 0) is 10.0 Å². The summed E-state index contributed by atoms with van der Waals surface area (Å²) in [5, 5.41) is 4.94. The largest absolute Gasteiger partial charge is 0.342 e. The summed E-state index contributed by atoms with van der Waals surface area (Å²) in [7, 11) is -2.42. The Morgan fingerprint density at radius 3 is 2.45 bits per heavy atom. The van der Waals surface area contributed by atoms with E-state index in [2.05, 4.69) is 0 Å². The number of benzene rings is 1. The van der Waals surface area contributed by atoms with Crippen LogP contribution in [0.3, 0.4) is 0 Å². The number of primary sulfonamides is 1. The molecule has 5 nitrogen and oxygen atoms in total. The Morgan fingerprint density at radius 2 is 1.95 bits per heavy atom. The lowest BCUT2D eigenvalue weighted by molar-refractivity contribution is 0.0793. The van der Waals surface area contributed by atoms with Crippen LogP contribution in [0, 0.1) is 0 Å². The lowest BCUT2D eigenvalue weighted by atomic mass is 10.2. The number of carbonyl (C=O) groups is 1. The van der Waals surface area contributed by atoms with Gasteiger partial charge in [-0.15, -0.1) is 0 Å². The summed E-state index contributed by atoms with van der Waals surface area (Å²) >= 11 is 11.8. The molecule has 0 aliphatic heterocycles. The molecule has 0 aliphatic rings. The molecule has 0 atom stereocenters. The second-order valence-electron chi connectivity index (χ2n) is 4.39. The average Bonchev–Trinajstić information content (AvgIpc) is 2.36. The maximum atomic E-state index is 12.2. The minimum Gasteiger partial charge on any atom is -0.342 e. The highest BCUT2D eigenvalue weighted by Crippen LogP contribution is 2.29. The Balaban J connectivity index is 3.26. The standard InChI is InChI=1S/C12H16Cl2N2O3S/c1-3-4-5-16(2)12(17)9-6-8(13)7-10(11(9)14)20(15,18)19/h6-7H,3-5H2,1-2H3,(H2,15,18,19). The van der Waals surface area contributed by atoms with Crippen molar-refractivity contribution in [3.05, 3.63) is 27.7 Å². The highest BCUT2D eigenvalue weighted by Gasteiger charge is 2.23. The number of amides is 1. The molecule has 0 aromatic heterocycles. The summed E-state index contributed by atoms with van der Waals surface area (Å²) in [6.45, 7) is 2.55. The van der Waals surface area contributed by atoms with E-state index in [4.69, 9.17) is 28.3 Å². The zero-order valence-corrected chi connectivity index (χ0v) is 13.5. The van der Waals surface area contributed by atoms with Gasteiger partial charge < -0.3 is 4.90 Å². The number of hydrogen-bond acceptors (Lipinski definition) is 3. The second-order valence-corrected chi connectivity index (χ2v) is 6.73. The number of nitrogens with zero attached hydrogens (tertiary/aromatic N) is 1. The van der Waals surface area contributed by atoms with Crippen molar-refractivity contribution in [3.63, 3.8) is 0 Å². The number of halogens is 2. The topological polar surface area (TPSA) is 80.5 Å². The molecular formula is C12H16Cl2N2O3S. The molecule has 1 aromatic carbocycles. The highest BCUT2D eigenvalue weighted by molar-refractivity contribution is 7.89. The number of sulfonamides is 1. The number of hydrogen-bond donors (Lipinski definition) is 1. The van der Waals surface area contributed by atoms with Crippen LogP contribution in [-0.4, -0.2) is 32.8 Å². The van der Waals surface area contributed by atoms with Gasteiger partial charge in [-0.3, -0.25) is 4.79 Å². The van der Waals surface area contributed by atoms with E-state index in [0.717, 1.165) is 18.9 Å². The summed E-state index contributed by atoms with van der Waals surface area (Å²) < 4.78 is 22.9. The Morgan fingerprint density at radius 1 is 1.35 bits per heavy atom. The van der Waals surface area contributed by atoms with Crippen molar-refractivity contribution in [1.82, 2.24) is 4.90 Å². The van der Waals surface area contributed by atoms with Crippen LogP contribution in [0.15, 0.2) is 17.0 Å². The molecule has 0 fully saturated rings. The monoisotopic (exact) mass is 338 g/mol. The van der Waals surface area contributed by atoms with E-state index in [1.807, 2.05) is 6.92 Å². The quantitative estimate of drug-likeness (QED) is 0.895. The lowest BCUT2D eigenvalue weighted by Crippen LogP contribution is -2.28. The van der Waals surface area contributed by atoms with Gasteiger partial charge in [-0.25, -0.2) is 13.6 Å². The van der Waals surface area contributed by atoms with Gasteiger partial charge in [-0.1, -0.05) is 36.5 Å². The van der Waals surface area contributed by atoms with Crippen molar-refractivity contribution in [2.45, 2.75) is 24.7 Å². The molecule has 112 valence electrons. The normalized spacial score (nSPS) is 11.4. The highest BCUT2D eigenvalue weighted by atomic mass is 35.5. The minimum atomic E-state index is -4.04. The van der Waals surface area contributed by atoms with Crippen LogP contribution in [0.1, 0.15) is 30.1 Å². The summed E-state index contributed by atoms with van der Waals surface area (Å²) in [6.07, 6.45) is 1.77. The maximum Gasteiger partial charge on any atom is 0.255 e. The van der Waals surface area contributed by atoms with Crippen molar-refractivity contribution in [2.24, 2.45) is 5.14 Å². The van der Waals surface area contributed by atoms with Gasteiger partial charge in [-0.05, 0) is 18.6 Å². The van der Waals surface area contributed by atoms with Crippen molar-refractivity contribution in [2.75, 3.05) is 13.6 Å². The van der Waals surface area contributed by atoms with Gasteiger partial charge in [0.05, 0.1) is 10.6 Å². The van der Waals surface area contributed by atoms with E-state index < -0.39 is 15.9 Å². The number of carbonyl (C=O) groups excluding carboxylic acids is 1. The first-order chi connectivity index (χ1) is 9.18. The fourth-order valence-electron chi connectivity index (χ4n) is 1.63. The molecule has 0 heterocycles. The van der Waals surface area contributed by atoms with E-state index in [0.29, 0.717) is 6.54 Å². The first kappa shape index (κ1) is 17.2. The van der Waals surface area contributed by atoms with E-state index in [1.165, 1.54) is 11.0 Å². The molecule has 0 saturated carbocycles. The summed E-state index contributed by atoms with van der Waals surface area (Å²) in [5.74, 6) is -0.393. The van der Waals surface area contributed by atoms with Crippen LogP contribution >= 0.6 is 23.2 Å². The zero-order valence-electron chi connectivity index (χ0n) is 11.2. The fourth-order valence-corrected chi connectivity index (χ4v) is 3.08. The predicted molar refractivity (Wildman–Crippen MR) is 79.7 cm³/mol. The van der Waals surface area contributed by atoms with Gasteiger partial charge in [0.2, 0.25) is 10.0 Å². The van der Waals surface area contributed by atoms with E-state index in [-0.39, 0.29) is 20.5 Å². The van der Waals surface area contributed by atoms with Gasteiger partial charge in [0.1, 0.15) is 4.90 Å². The number of rotatable bonds is 5. The lowest BCUT2D eigenvalue weighted by Gasteiger charge is -2.18. The van der Waals surface area contributed by atoms with Crippen LogP contribution < -0.4 is 5.14 Å². The van der Waals surface area contributed by atoms with Gasteiger partial charge in [-0.2, -0.15) is 0 Å². The van der Waals surface area contributed by atoms with Gasteiger partial charge in [0.25, 0.3) is 5.91 Å². The van der Waals surface area contributed by atoms with Gasteiger partial charge >= 0.3 is 0 Å². The number of unbranched alkanes of at least 4 members (excludes halogenated alkanes) is 1. The molecule has 20 heavy (non-hydrogen) atoms. The van der Waals surface area contributed by atoms with Crippen LogP contribution in [0.5, 0.6) is 0 Å². The summed E-state index contributed by atoms with van der Waals surface area (Å²) in [4.78, 5) is 13.4. The first-order valence-corrected chi connectivity index (χ1v) is 8.26. The predicted octanol–water partition coefficient (Wildman–Crippen LogP) is 2.51. The van der Waals surface area contributed by atoms with Crippen molar-refractivity contribution < 1.29 is 13.2 Å². The Labute approximate surface area is 128 Å². The third-order valence-electron chi connectivity index (χ3n) is 2.73. The van der Waals surface area contributed by atoms with Crippen molar-refractivity contribution >= 4 is 39.1 Å². The molecule has 8 heteroatoms.